The molecule has 0 amide bonds. The Morgan fingerprint density at radius 1 is 1.10 bits per heavy atom. The first kappa shape index (κ1) is 13.2. The van der Waals surface area contributed by atoms with Crippen molar-refractivity contribution in [2.45, 2.75) is 13.0 Å². The fourth-order valence-electron chi connectivity index (χ4n) is 2.30. The molecule has 3 heteroatoms. The number of hydrogen-bond donors (Lipinski definition) is 1. The van der Waals surface area contributed by atoms with Crippen molar-refractivity contribution < 1.29 is 9.84 Å². The van der Waals surface area contributed by atoms with Gasteiger partial charge >= 0.3 is 0 Å². The van der Waals surface area contributed by atoms with Crippen LogP contribution in [0.1, 0.15) is 24.2 Å². The SMILES string of the molecule is CCOc1ccc(C(O)c2csc3ccccc23)cc1. The molecule has 0 aliphatic carbocycles. The second kappa shape index (κ2) is 5.65. The van der Waals surface area contributed by atoms with Crippen LogP contribution in [0.15, 0.2) is 53.9 Å². The maximum atomic E-state index is 10.6. The Labute approximate surface area is 122 Å². The smallest absolute Gasteiger partial charge is 0.119 e. The van der Waals surface area contributed by atoms with Crippen LogP contribution in [0.5, 0.6) is 5.75 Å². The van der Waals surface area contributed by atoms with Crippen molar-refractivity contribution in [2.75, 3.05) is 6.61 Å². The van der Waals surface area contributed by atoms with Crippen molar-refractivity contribution in [1.29, 1.82) is 0 Å². The number of hydrogen-bond acceptors (Lipinski definition) is 3. The summed E-state index contributed by atoms with van der Waals surface area (Å²) in [5, 5.41) is 13.7. The van der Waals surface area contributed by atoms with Gasteiger partial charge in [-0.1, -0.05) is 30.3 Å². The largest absolute Gasteiger partial charge is 0.494 e. The molecule has 2 aromatic carbocycles. The predicted octanol–water partition coefficient (Wildman–Crippen LogP) is 4.38. The fraction of sp³-hybridized carbons (Fsp3) is 0.176. The molecule has 0 fully saturated rings. The molecule has 0 radical (unpaired) electrons. The molecule has 102 valence electrons. The summed E-state index contributed by atoms with van der Waals surface area (Å²) in [6, 6.07) is 15.8. The van der Waals surface area contributed by atoms with Crippen molar-refractivity contribution >= 4 is 21.4 Å². The quantitative estimate of drug-likeness (QED) is 0.770. The molecule has 0 bridgehead atoms. The van der Waals surface area contributed by atoms with Gasteiger partial charge in [0.1, 0.15) is 11.9 Å². The van der Waals surface area contributed by atoms with Gasteiger partial charge in [-0.05, 0) is 41.5 Å². The van der Waals surface area contributed by atoms with E-state index in [9.17, 15) is 5.11 Å². The van der Waals surface area contributed by atoms with Crippen LogP contribution in [0, 0.1) is 0 Å². The Kier molecular flexibility index (Phi) is 3.72. The van der Waals surface area contributed by atoms with Crippen molar-refractivity contribution in [2.24, 2.45) is 0 Å². The minimum atomic E-state index is -0.596. The Hall–Kier alpha value is -1.84. The van der Waals surface area contributed by atoms with Gasteiger partial charge in [0, 0.05) is 10.3 Å². The molecule has 0 aliphatic heterocycles. The first-order chi connectivity index (χ1) is 9.79. The molecule has 0 saturated heterocycles. The van der Waals surface area contributed by atoms with Crippen LogP contribution in [0.3, 0.4) is 0 Å². The number of fused-ring (bicyclic) bond motifs is 1. The van der Waals surface area contributed by atoms with Crippen LogP contribution in [0.4, 0.5) is 0 Å². The monoisotopic (exact) mass is 284 g/mol. The highest BCUT2D eigenvalue weighted by atomic mass is 32.1. The Morgan fingerprint density at radius 3 is 2.60 bits per heavy atom. The normalized spacial score (nSPS) is 12.5. The molecular weight excluding hydrogens is 268 g/mol. The Balaban J connectivity index is 1.93. The first-order valence-electron chi connectivity index (χ1n) is 6.66. The second-order valence-corrected chi connectivity index (χ2v) is 5.50. The summed E-state index contributed by atoms with van der Waals surface area (Å²) < 4.78 is 6.62. The summed E-state index contributed by atoms with van der Waals surface area (Å²) in [5.74, 6) is 0.832. The number of benzene rings is 2. The van der Waals surface area contributed by atoms with Crippen molar-refractivity contribution in [3.05, 3.63) is 65.0 Å². The number of aliphatic hydroxyl groups excluding tert-OH is 1. The lowest BCUT2D eigenvalue weighted by molar-refractivity contribution is 0.222. The van der Waals surface area contributed by atoms with E-state index in [1.807, 2.05) is 48.7 Å². The molecular formula is C17H16O2S. The van der Waals surface area contributed by atoms with Crippen LogP contribution >= 0.6 is 11.3 Å². The van der Waals surface area contributed by atoms with Crippen molar-refractivity contribution in [1.82, 2.24) is 0 Å². The van der Waals surface area contributed by atoms with Crippen LogP contribution < -0.4 is 4.74 Å². The van der Waals surface area contributed by atoms with E-state index in [4.69, 9.17) is 4.74 Å². The molecule has 3 aromatic rings. The van der Waals surface area contributed by atoms with Gasteiger partial charge in [-0.15, -0.1) is 11.3 Å². The topological polar surface area (TPSA) is 29.5 Å². The Bertz CT molecular complexity index is 700. The summed E-state index contributed by atoms with van der Waals surface area (Å²) in [6.45, 7) is 2.61. The standard InChI is InChI=1S/C17H16O2S/c1-2-19-13-9-7-12(8-10-13)17(18)15-11-20-16-6-4-3-5-14(15)16/h3-11,17-18H,2H2,1H3. The molecule has 1 N–H and O–H groups in total. The predicted molar refractivity (Wildman–Crippen MR) is 83.5 cm³/mol. The Morgan fingerprint density at radius 2 is 1.85 bits per heavy atom. The third kappa shape index (κ3) is 2.42. The molecule has 20 heavy (non-hydrogen) atoms. The zero-order chi connectivity index (χ0) is 13.9. The van der Waals surface area contributed by atoms with Gasteiger partial charge < -0.3 is 9.84 Å². The zero-order valence-corrected chi connectivity index (χ0v) is 12.1. The summed E-state index contributed by atoms with van der Waals surface area (Å²) >= 11 is 1.66. The van der Waals surface area contributed by atoms with E-state index in [1.54, 1.807) is 11.3 Å². The number of rotatable bonds is 4. The van der Waals surface area contributed by atoms with Crippen LogP contribution in [0.25, 0.3) is 10.1 Å². The average Bonchev–Trinajstić information content (AvgIpc) is 2.92. The molecule has 1 unspecified atom stereocenters. The lowest BCUT2D eigenvalue weighted by atomic mass is 10.0. The van der Waals surface area contributed by atoms with E-state index in [2.05, 4.69) is 12.1 Å². The minimum absolute atomic E-state index is 0.596. The summed E-state index contributed by atoms with van der Waals surface area (Å²) in [5.41, 5.74) is 1.85. The first-order valence-corrected chi connectivity index (χ1v) is 7.54. The van der Waals surface area contributed by atoms with Crippen molar-refractivity contribution in [3.63, 3.8) is 0 Å². The van der Waals surface area contributed by atoms with E-state index in [0.29, 0.717) is 6.61 Å². The van der Waals surface area contributed by atoms with E-state index in [1.165, 1.54) is 4.70 Å². The maximum Gasteiger partial charge on any atom is 0.119 e. The summed E-state index contributed by atoms with van der Waals surface area (Å²) in [4.78, 5) is 0. The number of aliphatic hydroxyl groups is 1. The van der Waals surface area contributed by atoms with Gasteiger partial charge in [-0.25, -0.2) is 0 Å². The molecule has 1 heterocycles. The van der Waals surface area contributed by atoms with E-state index in [-0.39, 0.29) is 0 Å². The molecule has 0 spiro atoms. The second-order valence-electron chi connectivity index (χ2n) is 4.59. The van der Waals surface area contributed by atoms with Crippen LogP contribution in [0.2, 0.25) is 0 Å². The van der Waals surface area contributed by atoms with Gasteiger partial charge in [0.15, 0.2) is 0 Å². The summed E-state index contributed by atoms with van der Waals surface area (Å²) in [6.07, 6.45) is -0.596. The maximum absolute atomic E-state index is 10.6. The van der Waals surface area contributed by atoms with Crippen molar-refractivity contribution in [3.8, 4) is 5.75 Å². The highest BCUT2D eigenvalue weighted by molar-refractivity contribution is 7.17. The lowest BCUT2D eigenvalue weighted by Gasteiger charge is -2.11. The van der Waals surface area contributed by atoms with Gasteiger partial charge in [-0.3, -0.25) is 0 Å². The third-order valence-electron chi connectivity index (χ3n) is 3.31. The van der Waals surface area contributed by atoms with E-state index < -0.39 is 6.10 Å². The highest BCUT2D eigenvalue weighted by Crippen LogP contribution is 2.33. The van der Waals surface area contributed by atoms with Gasteiger partial charge in [-0.2, -0.15) is 0 Å². The summed E-state index contributed by atoms with van der Waals surface area (Å²) in [7, 11) is 0. The number of ether oxygens (including phenoxy) is 1. The molecule has 1 aromatic heterocycles. The molecule has 2 nitrogen and oxygen atoms in total. The van der Waals surface area contributed by atoms with Gasteiger partial charge in [0.2, 0.25) is 0 Å². The zero-order valence-electron chi connectivity index (χ0n) is 11.2. The van der Waals surface area contributed by atoms with E-state index in [0.717, 1.165) is 22.3 Å². The molecule has 1 atom stereocenters. The number of thiophene rings is 1. The lowest BCUT2D eigenvalue weighted by Crippen LogP contribution is -1.99. The van der Waals surface area contributed by atoms with Gasteiger partial charge in [0.25, 0.3) is 0 Å². The fourth-order valence-corrected chi connectivity index (χ4v) is 3.28. The highest BCUT2D eigenvalue weighted by Gasteiger charge is 2.15. The molecule has 3 rings (SSSR count). The minimum Gasteiger partial charge on any atom is -0.494 e. The van der Waals surface area contributed by atoms with Gasteiger partial charge in [0.05, 0.1) is 6.61 Å². The molecule has 0 aliphatic rings. The average molecular weight is 284 g/mol. The van der Waals surface area contributed by atoms with Crippen LogP contribution in [-0.4, -0.2) is 11.7 Å². The van der Waals surface area contributed by atoms with E-state index >= 15 is 0 Å². The molecule has 0 saturated carbocycles. The van der Waals surface area contributed by atoms with Crippen LogP contribution in [-0.2, 0) is 0 Å². The third-order valence-corrected chi connectivity index (χ3v) is 4.29.